The summed E-state index contributed by atoms with van der Waals surface area (Å²) in [7, 11) is -0.640. The van der Waals surface area contributed by atoms with Crippen LogP contribution in [0.15, 0.2) is 23.4 Å². The van der Waals surface area contributed by atoms with Crippen LogP contribution in [0.2, 0.25) is 0 Å². The van der Waals surface area contributed by atoms with E-state index in [4.69, 9.17) is 5.73 Å². The van der Waals surface area contributed by atoms with E-state index in [0.29, 0.717) is 12.0 Å². The lowest BCUT2D eigenvalue weighted by Crippen LogP contribution is -2.23. The van der Waals surface area contributed by atoms with Crippen molar-refractivity contribution in [1.82, 2.24) is 9.29 Å². The second-order valence-electron chi connectivity index (χ2n) is 3.92. The number of hydrogen-bond acceptors (Lipinski definition) is 4. The average Bonchev–Trinajstić information content (AvgIpc) is 2.28. The van der Waals surface area contributed by atoms with Crippen molar-refractivity contribution in [2.45, 2.75) is 17.9 Å². The molecule has 1 heterocycles. The van der Waals surface area contributed by atoms with Crippen molar-refractivity contribution in [3.63, 3.8) is 0 Å². The molecule has 1 aromatic heterocycles. The van der Waals surface area contributed by atoms with Crippen LogP contribution in [-0.4, -0.2) is 37.7 Å². The van der Waals surface area contributed by atoms with Crippen LogP contribution in [0.4, 0.5) is 0 Å². The molecule has 0 saturated heterocycles. The van der Waals surface area contributed by atoms with E-state index in [-0.39, 0.29) is 17.4 Å². The first-order valence-electron chi connectivity index (χ1n) is 5.34. The Morgan fingerprint density at radius 1 is 1.50 bits per heavy atom. The van der Waals surface area contributed by atoms with Crippen LogP contribution in [0, 0.1) is 6.42 Å². The smallest absolute Gasteiger partial charge is 0.260 e. The van der Waals surface area contributed by atoms with Crippen LogP contribution in [0.1, 0.15) is 18.4 Å². The van der Waals surface area contributed by atoms with Gasteiger partial charge in [0.1, 0.15) is 0 Å². The third kappa shape index (κ3) is 3.78. The highest BCUT2D eigenvalue weighted by atomic mass is 32.2. The first kappa shape index (κ1) is 14.6. The lowest BCUT2D eigenvalue weighted by molar-refractivity contribution is -0.117. The summed E-state index contributed by atoms with van der Waals surface area (Å²) in [6, 6.07) is 3.14. The molecule has 0 aliphatic carbocycles. The van der Waals surface area contributed by atoms with E-state index in [1.807, 2.05) is 0 Å². The summed E-state index contributed by atoms with van der Waals surface area (Å²) in [6.45, 7) is 0. The number of aromatic nitrogens is 1. The fourth-order valence-corrected chi connectivity index (χ4v) is 2.11. The summed E-state index contributed by atoms with van der Waals surface area (Å²) in [4.78, 5) is 14.4. The standard InChI is InChI=1S/C11H16N3O3S/c1-14(2)18(16,17)11-8-9(6-7-13-11)4-3-5-10(12)15/h4,6-8H,3,5H2,1-2H3,(H2,12,15). The average molecular weight is 270 g/mol. The highest BCUT2D eigenvalue weighted by molar-refractivity contribution is 7.89. The van der Waals surface area contributed by atoms with Crippen molar-refractivity contribution in [1.29, 1.82) is 0 Å². The molecule has 0 unspecified atom stereocenters. The maximum Gasteiger partial charge on any atom is 0.260 e. The van der Waals surface area contributed by atoms with Crippen LogP contribution in [0.25, 0.3) is 0 Å². The summed E-state index contributed by atoms with van der Waals surface area (Å²) in [5.41, 5.74) is 5.72. The van der Waals surface area contributed by atoms with Gasteiger partial charge in [0.2, 0.25) is 5.91 Å². The van der Waals surface area contributed by atoms with Crippen LogP contribution in [0.3, 0.4) is 0 Å². The van der Waals surface area contributed by atoms with E-state index < -0.39 is 10.0 Å². The molecule has 1 rings (SSSR count). The van der Waals surface area contributed by atoms with Gasteiger partial charge in [0.15, 0.2) is 5.03 Å². The maximum atomic E-state index is 11.8. The number of carbonyl (C=O) groups excluding carboxylic acids is 1. The number of sulfonamides is 1. The van der Waals surface area contributed by atoms with Crippen molar-refractivity contribution in [3.8, 4) is 0 Å². The molecule has 0 aliphatic heterocycles. The molecule has 18 heavy (non-hydrogen) atoms. The second kappa shape index (κ2) is 5.92. The Morgan fingerprint density at radius 2 is 2.17 bits per heavy atom. The second-order valence-corrected chi connectivity index (χ2v) is 6.02. The van der Waals surface area contributed by atoms with E-state index in [1.54, 1.807) is 12.5 Å². The SMILES string of the molecule is CN(C)S(=O)(=O)c1cc([CH]CCC(N)=O)ccn1. The molecular weight excluding hydrogens is 254 g/mol. The van der Waals surface area contributed by atoms with E-state index in [1.165, 1.54) is 26.4 Å². The molecule has 1 radical (unpaired) electrons. The Balaban J connectivity index is 2.83. The van der Waals surface area contributed by atoms with Crippen LogP contribution in [0.5, 0.6) is 0 Å². The molecule has 1 amide bonds. The molecular formula is C11H16N3O3S. The Hall–Kier alpha value is -1.47. The molecule has 7 heteroatoms. The van der Waals surface area contributed by atoms with Gasteiger partial charge in [-0.1, -0.05) is 0 Å². The van der Waals surface area contributed by atoms with Crippen LogP contribution >= 0.6 is 0 Å². The summed E-state index contributed by atoms with van der Waals surface area (Å²) in [6.07, 6.45) is 3.88. The van der Waals surface area contributed by atoms with Crippen molar-refractivity contribution < 1.29 is 13.2 Å². The summed E-state index contributed by atoms with van der Waals surface area (Å²) < 4.78 is 24.8. The Bertz CT molecular complexity index is 526. The van der Waals surface area contributed by atoms with Gasteiger partial charge in [-0.25, -0.2) is 17.7 Å². The van der Waals surface area contributed by atoms with Gasteiger partial charge in [-0.2, -0.15) is 0 Å². The minimum absolute atomic E-state index is 0.0136. The number of hydrogen-bond donors (Lipinski definition) is 1. The van der Waals surface area contributed by atoms with E-state index in [9.17, 15) is 13.2 Å². The van der Waals surface area contributed by atoms with Crippen molar-refractivity contribution in [2.75, 3.05) is 14.1 Å². The van der Waals surface area contributed by atoms with Gasteiger partial charge in [-0.15, -0.1) is 0 Å². The summed E-state index contributed by atoms with van der Waals surface area (Å²) >= 11 is 0. The van der Waals surface area contributed by atoms with Gasteiger partial charge in [-0.3, -0.25) is 4.79 Å². The normalized spacial score (nSPS) is 11.7. The maximum absolute atomic E-state index is 11.8. The number of amides is 1. The van der Waals surface area contributed by atoms with Crippen LogP contribution in [-0.2, 0) is 14.8 Å². The fourth-order valence-electron chi connectivity index (χ4n) is 1.26. The number of nitrogens with zero attached hydrogens (tertiary/aromatic N) is 2. The molecule has 99 valence electrons. The molecule has 0 spiro atoms. The minimum Gasteiger partial charge on any atom is -0.370 e. The van der Waals surface area contributed by atoms with Gasteiger partial charge in [0.05, 0.1) is 0 Å². The number of rotatable bonds is 6. The molecule has 0 bridgehead atoms. The topological polar surface area (TPSA) is 93.4 Å². The van der Waals surface area contributed by atoms with Crippen molar-refractivity contribution in [2.24, 2.45) is 5.73 Å². The first-order valence-corrected chi connectivity index (χ1v) is 6.78. The predicted molar refractivity (Wildman–Crippen MR) is 66.9 cm³/mol. The largest absolute Gasteiger partial charge is 0.370 e. The number of carbonyl (C=O) groups is 1. The van der Waals surface area contributed by atoms with Crippen molar-refractivity contribution in [3.05, 3.63) is 30.3 Å². The van der Waals surface area contributed by atoms with Crippen molar-refractivity contribution >= 4 is 15.9 Å². The lowest BCUT2D eigenvalue weighted by Gasteiger charge is -2.11. The minimum atomic E-state index is -3.53. The Morgan fingerprint density at radius 3 is 2.72 bits per heavy atom. The highest BCUT2D eigenvalue weighted by Crippen LogP contribution is 2.14. The molecule has 6 nitrogen and oxygen atoms in total. The lowest BCUT2D eigenvalue weighted by atomic mass is 10.1. The Kier molecular flexibility index (Phi) is 4.80. The van der Waals surface area contributed by atoms with E-state index in [0.717, 1.165) is 4.31 Å². The third-order valence-electron chi connectivity index (χ3n) is 2.27. The Labute approximate surface area is 107 Å². The number of nitrogens with two attached hydrogens (primary N) is 1. The molecule has 0 fully saturated rings. The van der Waals surface area contributed by atoms with Gasteiger partial charge in [0.25, 0.3) is 10.0 Å². The van der Waals surface area contributed by atoms with E-state index in [2.05, 4.69) is 4.98 Å². The summed E-state index contributed by atoms with van der Waals surface area (Å²) in [5.74, 6) is -0.388. The van der Waals surface area contributed by atoms with Gasteiger partial charge >= 0.3 is 0 Å². The number of primary amides is 1. The zero-order chi connectivity index (χ0) is 13.8. The summed E-state index contributed by atoms with van der Waals surface area (Å²) in [5, 5.41) is -0.0136. The molecule has 0 aliphatic rings. The van der Waals surface area contributed by atoms with Gasteiger partial charge in [-0.05, 0) is 30.5 Å². The molecule has 1 aromatic rings. The van der Waals surface area contributed by atoms with Crippen LogP contribution < -0.4 is 5.73 Å². The van der Waals surface area contributed by atoms with Gasteiger partial charge < -0.3 is 5.73 Å². The quantitative estimate of drug-likeness (QED) is 0.796. The first-order chi connectivity index (χ1) is 8.34. The zero-order valence-electron chi connectivity index (χ0n) is 10.3. The predicted octanol–water partition coefficient (Wildman–Crippen LogP) is 0.150. The monoisotopic (exact) mass is 270 g/mol. The number of pyridine rings is 1. The fraction of sp³-hybridized carbons (Fsp3) is 0.364. The molecule has 0 aromatic carbocycles. The third-order valence-corrected chi connectivity index (χ3v) is 3.99. The van der Waals surface area contributed by atoms with E-state index >= 15 is 0 Å². The molecule has 0 atom stereocenters. The van der Waals surface area contributed by atoms with Gasteiger partial charge in [0, 0.05) is 26.7 Å². The zero-order valence-corrected chi connectivity index (χ0v) is 11.1. The molecule has 0 saturated carbocycles. The molecule has 2 N–H and O–H groups in total. The highest BCUT2D eigenvalue weighted by Gasteiger charge is 2.18.